The molecule has 2 aromatic carbocycles. The normalized spacial score (nSPS) is 12.7. The number of nitrogens with zero attached hydrogens (tertiary/aromatic N) is 5. The molecule has 6 heteroatoms. The topological polar surface area (TPSA) is 76.2 Å². The fraction of sp³-hybridized carbons (Fsp3) is 0.200. The van der Waals surface area contributed by atoms with E-state index in [2.05, 4.69) is 69.8 Å². The summed E-state index contributed by atoms with van der Waals surface area (Å²) in [6, 6.07) is 20.5. The van der Waals surface area contributed by atoms with Gasteiger partial charge in [0.1, 0.15) is 5.69 Å². The Morgan fingerprint density at radius 3 is 2.48 bits per heavy atom. The van der Waals surface area contributed by atoms with Crippen LogP contribution in [0.15, 0.2) is 78.2 Å². The molecule has 0 saturated heterocycles. The van der Waals surface area contributed by atoms with E-state index in [4.69, 9.17) is 0 Å². The Bertz CT molecular complexity index is 1210. The summed E-state index contributed by atoms with van der Waals surface area (Å²) in [6.07, 6.45) is 4.21. The zero-order valence-corrected chi connectivity index (χ0v) is 17.9. The second kappa shape index (κ2) is 8.92. The molecule has 0 amide bonds. The Morgan fingerprint density at radius 1 is 1.06 bits per heavy atom. The minimum absolute atomic E-state index is 0.0384. The fourth-order valence-corrected chi connectivity index (χ4v) is 3.89. The molecule has 0 aliphatic heterocycles. The van der Waals surface area contributed by atoms with Crippen molar-refractivity contribution >= 4 is 5.71 Å². The lowest BCUT2D eigenvalue weighted by Crippen LogP contribution is -2.12. The maximum absolute atomic E-state index is 9.83. The number of aryl methyl sites for hydroxylation is 3. The highest BCUT2D eigenvalue weighted by Crippen LogP contribution is 2.33. The van der Waals surface area contributed by atoms with Gasteiger partial charge in [0, 0.05) is 42.4 Å². The van der Waals surface area contributed by atoms with E-state index in [0.717, 1.165) is 28.1 Å². The summed E-state index contributed by atoms with van der Waals surface area (Å²) in [6.45, 7) is 4.05. The zero-order valence-electron chi connectivity index (χ0n) is 17.9. The Morgan fingerprint density at radius 2 is 1.84 bits per heavy atom. The van der Waals surface area contributed by atoms with Crippen LogP contribution in [0, 0.1) is 13.8 Å². The van der Waals surface area contributed by atoms with Crippen molar-refractivity contribution in [1.29, 1.82) is 0 Å². The summed E-state index contributed by atoms with van der Waals surface area (Å²) < 4.78 is 1.69. The first-order chi connectivity index (χ1) is 15.0. The standard InChI is InChI=1S/C25H25N5O/c1-17-6-4-5-7-22(17)23(15-24(28-31)21-12-13-26-18(2)14-21)19-8-10-20(11-9-19)25-16-30(3)29-27-25/h4-14,16,23,31H,15H2,1-3H3/b28-24+/t23-/m1/s1. The molecule has 0 fully saturated rings. The maximum Gasteiger partial charge on any atom is 0.113 e. The van der Waals surface area contributed by atoms with Crippen molar-refractivity contribution in [2.24, 2.45) is 12.2 Å². The number of rotatable bonds is 6. The van der Waals surface area contributed by atoms with Crippen LogP contribution in [0.4, 0.5) is 0 Å². The van der Waals surface area contributed by atoms with Crippen molar-refractivity contribution in [3.63, 3.8) is 0 Å². The third-order valence-electron chi connectivity index (χ3n) is 5.52. The lowest BCUT2D eigenvalue weighted by Gasteiger charge is -2.21. The van der Waals surface area contributed by atoms with Crippen LogP contribution in [-0.2, 0) is 7.05 Å². The van der Waals surface area contributed by atoms with Gasteiger partial charge in [0.2, 0.25) is 0 Å². The van der Waals surface area contributed by atoms with E-state index in [-0.39, 0.29) is 5.92 Å². The second-order valence-electron chi connectivity index (χ2n) is 7.75. The molecule has 0 saturated carbocycles. The molecule has 31 heavy (non-hydrogen) atoms. The van der Waals surface area contributed by atoms with Gasteiger partial charge in [-0.1, -0.05) is 58.9 Å². The molecule has 0 unspecified atom stereocenters. The monoisotopic (exact) mass is 411 g/mol. The third-order valence-corrected chi connectivity index (χ3v) is 5.52. The molecular formula is C25H25N5O. The molecule has 4 rings (SSSR count). The summed E-state index contributed by atoms with van der Waals surface area (Å²) in [4.78, 5) is 4.26. The quantitative estimate of drug-likeness (QED) is 0.278. The number of pyridine rings is 1. The van der Waals surface area contributed by atoms with Gasteiger partial charge < -0.3 is 5.21 Å². The Balaban J connectivity index is 1.72. The van der Waals surface area contributed by atoms with Crippen LogP contribution in [0.25, 0.3) is 11.3 Å². The highest BCUT2D eigenvalue weighted by atomic mass is 16.4. The first kappa shape index (κ1) is 20.5. The lowest BCUT2D eigenvalue weighted by molar-refractivity contribution is 0.317. The molecule has 1 atom stereocenters. The second-order valence-corrected chi connectivity index (χ2v) is 7.75. The SMILES string of the molecule is Cc1cc(/C(C[C@H](c2ccc(-c3cn(C)nn3)cc2)c2ccccc2C)=N/O)ccn1. The van der Waals surface area contributed by atoms with Gasteiger partial charge in [0.15, 0.2) is 0 Å². The van der Waals surface area contributed by atoms with Gasteiger partial charge in [-0.2, -0.15) is 0 Å². The van der Waals surface area contributed by atoms with Gasteiger partial charge in [-0.15, -0.1) is 5.10 Å². The zero-order chi connectivity index (χ0) is 21.8. The Kier molecular flexibility index (Phi) is 5.89. The van der Waals surface area contributed by atoms with Crippen LogP contribution < -0.4 is 0 Å². The van der Waals surface area contributed by atoms with E-state index in [1.54, 1.807) is 10.9 Å². The number of oxime groups is 1. The number of aromatic nitrogens is 4. The van der Waals surface area contributed by atoms with E-state index in [1.165, 1.54) is 11.1 Å². The first-order valence-corrected chi connectivity index (χ1v) is 10.2. The van der Waals surface area contributed by atoms with Crippen LogP contribution in [0.5, 0.6) is 0 Å². The fourth-order valence-electron chi connectivity index (χ4n) is 3.89. The number of hydrogen-bond donors (Lipinski definition) is 1. The highest BCUT2D eigenvalue weighted by Gasteiger charge is 2.20. The molecule has 0 aliphatic rings. The van der Waals surface area contributed by atoms with Crippen LogP contribution in [0.2, 0.25) is 0 Å². The summed E-state index contributed by atoms with van der Waals surface area (Å²) in [5.41, 5.74) is 7.82. The van der Waals surface area contributed by atoms with E-state index in [0.29, 0.717) is 12.1 Å². The van der Waals surface area contributed by atoms with Crippen LogP contribution in [0.1, 0.15) is 40.3 Å². The van der Waals surface area contributed by atoms with Crippen molar-refractivity contribution in [3.05, 3.63) is 101 Å². The molecule has 0 spiro atoms. The third kappa shape index (κ3) is 4.53. The predicted molar refractivity (Wildman–Crippen MR) is 121 cm³/mol. The molecule has 2 heterocycles. The minimum atomic E-state index is 0.0384. The highest BCUT2D eigenvalue weighted by molar-refractivity contribution is 6.01. The van der Waals surface area contributed by atoms with E-state index in [9.17, 15) is 5.21 Å². The molecule has 1 N–H and O–H groups in total. The Hall–Kier alpha value is -3.80. The lowest BCUT2D eigenvalue weighted by atomic mass is 9.83. The summed E-state index contributed by atoms with van der Waals surface area (Å²) >= 11 is 0. The summed E-state index contributed by atoms with van der Waals surface area (Å²) in [7, 11) is 1.86. The smallest absolute Gasteiger partial charge is 0.113 e. The van der Waals surface area contributed by atoms with E-state index < -0.39 is 0 Å². The molecule has 0 aliphatic carbocycles. The van der Waals surface area contributed by atoms with Crippen LogP contribution in [0.3, 0.4) is 0 Å². The van der Waals surface area contributed by atoms with Gasteiger partial charge >= 0.3 is 0 Å². The Labute approximate surface area is 181 Å². The van der Waals surface area contributed by atoms with Crippen molar-refractivity contribution < 1.29 is 5.21 Å². The van der Waals surface area contributed by atoms with Crippen LogP contribution in [-0.4, -0.2) is 30.9 Å². The minimum Gasteiger partial charge on any atom is -0.411 e. The number of hydrogen-bond acceptors (Lipinski definition) is 5. The predicted octanol–water partition coefficient (Wildman–Crippen LogP) is 4.89. The molecule has 2 aromatic heterocycles. The molecule has 4 aromatic rings. The molecular weight excluding hydrogens is 386 g/mol. The van der Waals surface area contributed by atoms with Gasteiger partial charge in [-0.05, 0) is 42.7 Å². The van der Waals surface area contributed by atoms with Crippen molar-refractivity contribution in [2.45, 2.75) is 26.2 Å². The molecule has 6 nitrogen and oxygen atoms in total. The molecule has 156 valence electrons. The van der Waals surface area contributed by atoms with Gasteiger partial charge in [0.05, 0.1) is 11.9 Å². The molecule has 0 radical (unpaired) electrons. The number of benzene rings is 2. The van der Waals surface area contributed by atoms with Gasteiger partial charge in [-0.25, -0.2) is 0 Å². The summed E-state index contributed by atoms with van der Waals surface area (Å²) in [5.74, 6) is 0.0384. The van der Waals surface area contributed by atoms with Gasteiger partial charge in [0.25, 0.3) is 0 Å². The average molecular weight is 412 g/mol. The summed E-state index contributed by atoms with van der Waals surface area (Å²) in [5, 5.41) is 21.7. The largest absolute Gasteiger partial charge is 0.411 e. The van der Waals surface area contributed by atoms with Crippen molar-refractivity contribution in [3.8, 4) is 11.3 Å². The van der Waals surface area contributed by atoms with Crippen molar-refractivity contribution in [2.75, 3.05) is 0 Å². The maximum atomic E-state index is 9.83. The first-order valence-electron chi connectivity index (χ1n) is 10.2. The van der Waals surface area contributed by atoms with Crippen molar-refractivity contribution in [1.82, 2.24) is 20.0 Å². The average Bonchev–Trinajstić information content (AvgIpc) is 3.22. The van der Waals surface area contributed by atoms with Gasteiger partial charge in [-0.3, -0.25) is 9.67 Å². The molecule has 0 bridgehead atoms. The van der Waals surface area contributed by atoms with E-state index in [1.807, 2.05) is 38.4 Å². The van der Waals surface area contributed by atoms with E-state index >= 15 is 0 Å². The van der Waals surface area contributed by atoms with Crippen LogP contribution >= 0.6 is 0 Å².